The first-order valence-electron chi connectivity index (χ1n) is 8.40. The van der Waals surface area contributed by atoms with Gasteiger partial charge >= 0.3 is 0 Å². The predicted octanol–water partition coefficient (Wildman–Crippen LogP) is 3.65. The van der Waals surface area contributed by atoms with E-state index in [1.54, 1.807) is 7.11 Å². The fourth-order valence-corrected chi connectivity index (χ4v) is 5.86. The Labute approximate surface area is 145 Å². The van der Waals surface area contributed by atoms with Crippen molar-refractivity contribution in [1.29, 1.82) is 0 Å². The molecule has 0 aromatic carbocycles. The molecule has 1 aliphatic heterocycles. The molecule has 1 fully saturated rings. The van der Waals surface area contributed by atoms with Gasteiger partial charge in [-0.05, 0) is 58.9 Å². The van der Waals surface area contributed by atoms with E-state index in [0.717, 1.165) is 0 Å². The van der Waals surface area contributed by atoms with Crippen molar-refractivity contribution in [3.05, 3.63) is 0 Å². The quantitative estimate of drug-likeness (QED) is 0.631. The Balaban J connectivity index is 3.08. The van der Waals surface area contributed by atoms with E-state index < -0.39 is 31.2 Å². The van der Waals surface area contributed by atoms with E-state index in [0.29, 0.717) is 6.61 Å². The summed E-state index contributed by atoms with van der Waals surface area (Å²) in [5, 5.41) is 0. The summed E-state index contributed by atoms with van der Waals surface area (Å²) in [7, 11) is -3.59. The van der Waals surface area contributed by atoms with Crippen LogP contribution in [0.2, 0.25) is 58.9 Å². The molecule has 0 saturated carbocycles. The van der Waals surface area contributed by atoms with Crippen LogP contribution in [0.5, 0.6) is 0 Å². The zero-order valence-electron chi connectivity index (χ0n) is 16.6. The summed E-state index contributed by atoms with van der Waals surface area (Å²) in [6.07, 6.45) is -0.877. The van der Waals surface area contributed by atoms with Gasteiger partial charge in [0.25, 0.3) is 0 Å². The van der Waals surface area contributed by atoms with E-state index in [4.69, 9.17) is 22.8 Å². The minimum absolute atomic E-state index is 0.0962. The predicted molar refractivity (Wildman–Crippen MR) is 101 cm³/mol. The molecular formula is C15H36O5Si3. The van der Waals surface area contributed by atoms with E-state index in [1.807, 2.05) is 0 Å². The van der Waals surface area contributed by atoms with E-state index in [-0.39, 0.29) is 18.3 Å². The average molecular weight is 381 g/mol. The second-order valence-electron chi connectivity index (χ2n) is 9.10. The van der Waals surface area contributed by atoms with Gasteiger partial charge in [0.2, 0.25) is 0 Å². The van der Waals surface area contributed by atoms with Crippen LogP contribution < -0.4 is 0 Å². The van der Waals surface area contributed by atoms with Crippen LogP contribution in [0.3, 0.4) is 0 Å². The molecule has 4 atom stereocenters. The molecule has 0 aromatic rings. The number of rotatable bonds is 7. The van der Waals surface area contributed by atoms with Gasteiger partial charge in [-0.15, -0.1) is 0 Å². The number of ether oxygens (including phenoxy) is 2. The first kappa shape index (κ1) is 21.5. The fourth-order valence-electron chi connectivity index (χ4n) is 2.59. The van der Waals surface area contributed by atoms with Gasteiger partial charge in [-0.2, -0.15) is 0 Å². The topological polar surface area (TPSA) is 46.2 Å². The maximum absolute atomic E-state index is 6.50. The maximum atomic E-state index is 6.50. The maximum Gasteiger partial charge on any atom is 0.184 e. The van der Waals surface area contributed by atoms with Gasteiger partial charge in [0.15, 0.2) is 31.2 Å². The largest absolute Gasteiger partial charge is 0.410 e. The minimum atomic E-state index is -1.78. The molecule has 138 valence electrons. The Kier molecular flexibility index (Phi) is 7.27. The van der Waals surface area contributed by atoms with Gasteiger partial charge < -0.3 is 22.8 Å². The van der Waals surface area contributed by atoms with Crippen LogP contribution in [0.1, 0.15) is 0 Å². The third-order valence-electron chi connectivity index (χ3n) is 3.10. The van der Waals surface area contributed by atoms with Crippen LogP contribution in [0, 0.1) is 0 Å². The van der Waals surface area contributed by atoms with Gasteiger partial charge in [-0.1, -0.05) is 0 Å². The van der Waals surface area contributed by atoms with Crippen LogP contribution in [-0.2, 0) is 22.8 Å². The van der Waals surface area contributed by atoms with Crippen LogP contribution in [0.4, 0.5) is 0 Å². The van der Waals surface area contributed by atoms with Gasteiger partial charge in [0.1, 0.15) is 12.2 Å². The van der Waals surface area contributed by atoms with Gasteiger partial charge in [-0.25, -0.2) is 0 Å². The summed E-state index contributed by atoms with van der Waals surface area (Å²) in [6.45, 7) is 20.2. The van der Waals surface area contributed by atoms with Crippen LogP contribution >= 0.6 is 0 Å². The monoisotopic (exact) mass is 380 g/mol. The summed E-state index contributed by atoms with van der Waals surface area (Å²) < 4.78 is 30.7. The third-order valence-corrected chi connectivity index (χ3v) is 6.07. The molecule has 0 aliphatic carbocycles. The Hall–Kier alpha value is 0.451. The summed E-state index contributed by atoms with van der Waals surface area (Å²) in [6, 6.07) is 0. The summed E-state index contributed by atoms with van der Waals surface area (Å²) in [5.41, 5.74) is 0. The van der Waals surface area contributed by atoms with Crippen molar-refractivity contribution < 1.29 is 22.8 Å². The SMILES string of the molecule is COC1OCC(O[Si](C)(C)C)C(O[Si](C)(C)C)C1O[Si](C)(C)C. The third kappa shape index (κ3) is 7.91. The lowest BCUT2D eigenvalue weighted by Gasteiger charge is -2.47. The molecule has 0 N–H and O–H groups in total. The molecule has 8 heteroatoms. The van der Waals surface area contributed by atoms with Crippen molar-refractivity contribution in [2.45, 2.75) is 83.5 Å². The van der Waals surface area contributed by atoms with Crippen molar-refractivity contribution in [1.82, 2.24) is 0 Å². The van der Waals surface area contributed by atoms with E-state index in [2.05, 4.69) is 58.9 Å². The highest BCUT2D eigenvalue weighted by atomic mass is 28.4. The van der Waals surface area contributed by atoms with Crippen molar-refractivity contribution in [3.63, 3.8) is 0 Å². The smallest absolute Gasteiger partial charge is 0.184 e. The first-order chi connectivity index (χ1) is 10.2. The summed E-state index contributed by atoms with van der Waals surface area (Å²) >= 11 is 0. The molecule has 1 saturated heterocycles. The number of methoxy groups -OCH3 is 1. The van der Waals surface area contributed by atoms with Gasteiger partial charge in [0.05, 0.1) is 12.7 Å². The molecular weight excluding hydrogens is 344 g/mol. The molecule has 1 heterocycles. The standard InChI is InChI=1S/C15H36O5Si3/c1-16-15-14(20-23(8,9)10)13(19-22(5,6)7)12(11-17-15)18-21(2,3)4/h12-15H,11H2,1-10H3. The molecule has 0 aromatic heterocycles. The molecule has 1 aliphatic rings. The van der Waals surface area contributed by atoms with E-state index >= 15 is 0 Å². The zero-order chi connectivity index (χ0) is 18.1. The Bertz CT molecular complexity index is 373. The summed E-state index contributed by atoms with van der Waals surface area (Å²) in [5.74, 6) is 0. The zero-order valence-corrected chi connectivity index (χ0v) is 19.6. The molecule has 23 heavy (non-hydrogen) atoms. The molecule has 0 amide bonds. The minimum Gasteiger partial charge on any atom is -0.410 e. The van der Waals surface area contributed by atoms with Crippen molar-refractivity contribution in [2.75, 3.05) is 13.7 Å². The van der Waals surface area contributed by atoms with Gasteiger partial charge in [-0.3, -0.25) is 0 Å². The first-order valence-corrected chi connectivity index (χ1v) is 18.6. The molecule has 1 rings (SSSR count). The highest BCUT2D eigenvalue weighted by Gasteiger charge is 2.47. The molecule has 0 spiro atoms. The molecule has 4 unspecified atom stereocenters. The second kappa shape index (κ2) is 7.77. The average Bonchev–Trinajstić information content (AvgIpc) is 2.28. The van der Waals surface area contributed by atoms with E-state index in [1.165, 1.54) is 0 Å². The Morgan fingerprint density at radius 2 is 1.13 bits per heavy atom. The normalized spacial score (nSPS) is 30.5. The van der Waals surface area contributed by atoms with Gasteiger partial charge in [0, 0.05) is 7.11 Å². The lowest BCUT2D eigenvalue weighted by atomic mass is 10.1. The second-order valence-corrected chi connectivity index (χ2v) is 22.5. The Morgan fingerprint density at radius 1 is 0.696 bits per heavy atom. The molecule has 0 bridgehead atoms. The summed E-state index contributed by atoms with van der Waals surface area (Å²) in [4.78, 5) is 0. The lowest BCUT2D eigenvalue weighted by molar-refractivity contribution is -0.250. The van der Waals surface area contributed by atoms with Crippen LogP contribution in [-0.4, -0.2) is 63.3 Å². The molecule has 5 nitrogen and oxygen atoms in total. The number of hydrogen-bond donors (Lipinski definition) is 0. The Morgan fingerprint density at radius 3 is 1.52 bits per heavy atom. The highest BCUT2D eigenvalue weighted by molar-refractivity contribution is 6.70. The lowest BCUT2D eigenvalue weighted by Crippen LogP contribution is -2.62. The van der Waals surface area contributed by atoms with Crippen LogP contribution in [0.15, 0.2) is 0 Å². The number of hydrogen-bond acceptors (Lipinski definition) is 5. The van der Waals surface area contributed by atoms with Crippen molar-refractivity contribution in [3.8, 4) is 0 Å². The van der Waals surface area contributed by atoms with E-state index in [9.17, 15) is 0 Å². The molecule has 0 radical (unpaired) electrons. The fraction of sp³-hybridized carbons (Fsp3) is 1.00. The highest BCUT2D eigenvalue weighted by Crippen LogP contribution is 2.30. The van der Waals surface area contributed by atoms with Crippen LogP contribution in [0.25, 0.3) is 0 Å². The van der Waals surface area contributed by atoms with Crippen molar-refractivity contribution in [2.24, 2.45) is 0 Å². The van der Waals surface area contributed by atoms with Crippen molar-refractivity contribution >= 4 is 25.0 Å².